The zero-order chi connectivity index (χ0) is 28.6. The number of ketones is 1. The molecule has 3 aromatic rings. The zero-order valence-electron chi connectivity index (χ0n) is 23.7. The molecule has 1 aliphatic rings. The van der Waals surface area contributed by atoms with E-state index in [0.29, 0.717) is 41.9 Å². The smallest absolute Gasteiger partial charge is 0.147 e. The van der Waals surface area contributed by atoms with E-state index in [1.54, 1.807) is 6.07 Å². The molecule has 1 fully saturated rings. The Hall–Kier alpha value is -2.42. The first-order valence-corrected chi connectivity index (χ1v) is 14.8. The Balaban J connectivity index is 1.21. The molecule has 9 heteroatoms. The number of hydrogen-bond acceptors (Lipinski definition) is 6. The van der Waals surface area contributed by atoms with Crippen LogP contribution < -0.4 is 4.74 Å². The van der Waals surface area contributed by atoms with Gasteiger partial charge in [-0.05, 0) is 62.1 Å². The van der Waals surface area contributed by atoms with Crippen molar-refractivity contribution >= 4 is 29.0 Å². The Labute approximate surface area is 247 Å². The van der Waals surface area contributed by atoms with Crippen molar-refractivity contribution < 1.29 is 14.6 Å². The number of rotatable bonds is 13. The number of carbonyl (C=O) groups excluding carboxylic acids is 1. The molecule has 1 saturated heterocycles. The number of aliphatic hydroxyl groups is 1. The summed E-state index contributed by atoms with van der Waals surface area (Å²) in [6, 6.07) is 15.3. The van der Waals surface area contributed by atoms with Gasteiger partial charge in [0, 0.05) is 54.9 Å². The Morgan fingerprint density at radius 2 is 1.65 bits per heavy atom. The van der Waals surface area contributed by atoms with E-state index in [4.69, 9.17) is 33.0 Å². The van der Waals surface area contributed by atoms with E-state index < -0.39 is 6.10 Å². The number of aromatic nitrogens is 2. The monoisotopic (exact) mass is 586 g/mol. The van der Waals surface area contributed by atoms with Gasteiger partial charge in [-0.3, -0.25) is 14.6 Å². The van der Waals surface area contributed by atoms with Gasteiger partial charge >= 0.3 is 0 Å². The van der Waals surface area contributed by atoms with Crippen LogP contribution in [-0.2, 0) is 17.6 Å². The van der Waals surface area contributed by atoms with Crippen LogP contribution >= 0.6 is 23.2 Å². The summed E-state index contributed by atoms with van der Waals surface area (Å²) in [4.78, 5) is 17.3. The van der Waals surface area contributed by atoms with Gasteiger partial charge in [-0.15, -0.1) is 0 Å². The molecule has 1 atom stereocenters. The molecule has 4 rings (SSSR count). The van der Waals surface area contributed by atoms with Crippen LogP contribution in [0.3, 0.4) is 0 Å². The largest absolute Gasteiger partial charge is 0.491 e. The lowest BCUT2D eigenvalue weighted by atomic mass is 10.1. The molecule has 2 aromatic carbocycles. The number of Topliss-reactive ketones (excluding diaryl/α,β-unsaturated/α-hetero) is 1. The second kappa shape index (κ2) is 14.5. The normalized spacial score (nSPS) is 15.5. The summed E-state index contributed by atoms with van der Waals surface area (Å²) in [7, 11) is 0. The first-order valence-electron chi connectivity index (χ1n) is 14.0. The van der Waals surface area contributed by atoms with Gasteiger partial charge in [0.25, 0.3) is 0 Å². The highest BCUT2D eigenvalue weighted by Crippen LogP contribution is 2.24. The highest BCUT2D eigenvalue weighted by Gasteiger charge is 2.21. The van der Waals surface area contributed by atoms with Gasteiger partial charge in [0.15, 0.2) is 0 Å². The SMILES string of the molecule is Cc1ccc(OC[C@H](O)CN2CCN(CC(=O)CCc3cc(CC(C)C)n(-c4cc(Cl)cc(Cl)c4)n3)CC2)cc1. The molecular weight excluding hydrogens is 547 g/mol. The summed E-state index contributed by atoms with van der Waals surface area (Å²) in [5, 5.41) is 16.4. The third-order valence-corrected chi connectivity index (χ3v) is 7.44. The molecule has 1 aliphatic heterocycles. The zero-order valence-corrected chi connectivity index (χ0v) is 25.2. The van der Waals surface area contributed by atoms with Gasteiger partial charge in [0.1, 0.15) is 24.2 Å². The number of nitrogens with zero attached hydrogens (tertiary/aromatic N) is 4. The van der Waals surface area contributed by atoms with Crippen LogP contribution in [0.1, 0.15) is 37.2 Å². The Kier molecular flexibility index (Phi) is 11.0. The highest BCUT2D eigenvalue weighted by molar-refractivity contribution is 6.34. The topological polar surface area (TPSA) is 70.8 Å². The van der Waals surface area contributed by atoms with Crippen LogP contribution in [0.4, 0.5) is 0 Å². The van der Waals surface area contributed by atoms with E-state index in [9.17, 15) is 9.90 Å². The fourth-order valence-electron chi connectivity index (χ4n) is 4.95. The Morgan fingerprint density at radius 1 is 1.00 bits per heavy atom. The molecule has 2 heterocycles. The second-order valence-electron chi connectivity index (χ2n) is 11.2. The lowest BCUT2D eigenvalue weighted by Gasteiger charge is -2.35. The number of piperazine rings is 1. The van der Waals surface area contributed by atoms with Crippen LogP contribution in [0.15, 0.2) is 48.5 Å². The Bertz CT molecular complexity index is 1230. The number of ether oxygens (including phenoxy) is 1. The number of halogens is 2. The molecule has 216 valence electrons. The van der Waals surface area contributed by atoms with E-state index in [2.05, 4.69) is 29.7 Å². The Morgan fingerprint density at radius 3 is 2.30 bits per heavy atom. The fraction of sp³-hybridized carbons (Fsp3) is 0.484. The van der Waals surface area contributed by atoms with Crippen LogP contribution in [-0.4, -0.2) is 82.4 Å². The van der Waals surface area contributed by atoms with Gasteiger partial charge in [0.05, 0.1) is 17.9 Å². The second-order valence-corrected chi connectivity index (χ2v) is 12.0. The molecule has 0 unspecified atom stereocenters. The summed E-state index contributed by atoms with van der Waals surface area (Å²) in [6.07, 6.45) is 1.35. The molecule has 0 bridgehead atoms. The van der Waals surface area contributed by atoms with Crippen molar-refractivity contribution in [2.24, 2.45) is 5.92 Å². The molecule has 0 aliphatic carbocycles. The third-order valence-electron chi connectivity index (χ3n) is 7.00. The third kappa shape index (κ3) is 9.32. The minimum Gasteiger partial charge on any atom is -0.491 e. The molecule has 7 nitrogen and oxygen atoms in total. The number of carbonyl (C=O) groups is 1. The maximum absolute atomic E-state index is 12.8. The number of aryl methyl sites for hydroxylation is 2. The summed E-state index contributed by atoms with van der Waals surface area (Å²) in [5.74, 6) is 1.44. The average Bonchev–Trinajstić information content (AvgIpc) is 3.30. The van der Waals surface area contributed by atoms with Gasteiger partial charge < -0.3 is 9.84 Å². The van der Waals surface area contributed by atoms with Crippen molar-refractivity contribution in [3.8, 4) is 11.4 Å². The number of hydrogen-bond donors (Lipinski definition) is 1. The highest BCUT2D eigenvalue weighted by atomic mass is 35.5. The van der Waals surface area contributed by atoms with Crippen molar-refractivity contribution in [2.75, 3.05) is 45.9 Å². The van der Waals surface area contributed by atoms with Crippen molar-refractivity contribution in [3.05, 3.63) is 75.5 Å². The molecule has 1 N–H and O–H groups in total. The standard InChI is InChI=1S/C31H40Cl2N4O3/c1-22(2)14-27-18-26(34-37(27)28-16-24(32)15-25(33)17-28)6-7-29(38)19-35-10-12-36(13-11-35)20-30(39)21-40-31-8-4-23(3)5-9-31/h4-5,8-9,15-18,22,30,39H,6-7,10-14,19-21H2,1-3H3/t30-/m1/s1. The predicted molar refractivity (Wildman–Crippen MR) is 161 cm³/mol. The fourth-order valence-corrected chi connectivity index (χ4v) is 5.46. The number of β-amino-alcohol motifs (C(OH)–C–C–N with tert-alkyl or cyclic N) is 1. The van der Waals surface area contributed by atoms with Gasteiger partial charge in [-0.2, -0.15) is 5.10 Å². The molecular formula is C31H40Cl2N4O3. The molecule has 0 spiro atoms. The van der Waals surface area contributed by atoms with Gasteiger partial charge in [-0.25, -0.2) is 4.68 Å². The summed E-state index contributed by atoms with van der Waals surface area (Å²) in [5.41, 5.74) is 3.98. The van der Waals surface area contributed by atoms with Crippen molar-refractivity contribution in [3.63, 3.8) is 0 Å². The van der Waals surface area contributed by atoms with Crippen LogP contribution in [0, 0.1) is 12.8 Å². The van der Waals surface area contributed by atoms with Crippen molar-refractivity contribution in [1.82, 2.24) is 19.6 Å². The maximum Gasteiger partial charge on any atom is 0.147 e. The average molecular weight is 588 g/mol. The predicted octanol–water partition coefficient (Wildman–Crippen LogP) is 5.25. The summed E-state index contributed by atoms with van der Waals surface area (Å²) >= 11 is 12.5. The molecule has 0 amide bonds. The van der Waals surface area contributed by atoms with Gasteiger partial charge in [-0.1, -0.05) is 54.7 Å². The molecule has 40 heavy (non-hydrogen) atoms. The lowest BCUT2D eigenvalue weighted by molar-refractivity contribution is -0.120. The summed E-state index contributed by atoms with van der Waals surface area (Å²) in [6.45, 7) is 10.9. The minimum atomic E-state index is -0.558. The first kappa shape index (κ1) is 30.5. The van der Waals surface area contributed by atoms with E-state index in [-0.39, 0.29) is 12.4 Å². The van der Waals surface area contributed by atoms with E-state index >= 15 is 0 Å². The van der Waals surface area contributed by atoms with Crippen LogP contribution in [0.2, 0.25) is 10.0 Å². The first-order chi connectivity index (χ1) is 19.1. The quantitative estimate of drug-likeness (QED) is 0.295. The molecule has 1 aromatic heterocycles. The summed E-state index contributed by atoms with van der Waals surface area (Å²) < 4.78 is 7.61. The maximum atomic E-state index is 12.8. The molecule has 0 saturated carbocycles. The lowest BCUT2D eigenvalue weighted by Crippen LogP contribution is -2.50. The van der Waals surface area contributed by atoms with Crippen molar-refractivity contribution in [2.45, 2.75) is 46.1 Å². The minimum absolute atomic E-state index is 0.214. The molecule has 0 radical (unpaired) electrons. The van der Waals surface area contributed by atoms with E-state index in [1.807, 2.05) is 48.0 Å². The van der Waals surface area contributed by atoms with Crippen LogP contribution in [0.25, 0.3) is 5.69 Å². The van der Waals surface area contributed by atoms with E-state index in [0.717, 1.165) is 55.4 Å². The van der Waals surface area contributed by atoms with Gasteiger partial charge in [0.2, 0.25) is 0 Å². The number of benzene rings is 2. The van der Waals surface area contributed by atoms with E-state index in [1.165, 1.54) is 5.56 Å². The van der Waals surface area contributed by atoms with Crippen LogP contribution in [0.5, 0.6) is 5.75 Å². The van der Waals surface area contributed by atoms with Crippen molar-refractivity contribution in [1.29, 1.82) is 0 Å². The number of aliphatic hydroxyl groups excluding tert-OH is 1.